The lowest BCUT2D eigenvalue weighted by molar-refractivity contribution is -0.140. The minimum atomic E-state index is -0.843. The predicted octanol–water partition coefficient (Wildman–Crippen LogP) is 3.31. The third-order valence-corrected chi connectivity index (χ3v) is 4.75. The Morgan fingerprint density at radius 2 is 1.96 bits per heavy atom. The standard InChI is InChI=1S/C18H20ClN3O4.ClH/c1-25-18(6-8-20-9-7-18)17(24)21-12-4-5-14(13(19)11-12)22-16(23)15-3-2-10-26-15;/h2-5,10-11,20H,6-9H2,1H3,(H,21,24)(H,22,23);1H. The number of hydrogen-bond donors (Lipinski definition) is 3. The van der Waals surface area contributed by atoms with Crippen LogP contribution >= 0.6 is 24.0 Å². The maximum atomic E-state index is 12.7. The average Bonchev–Trinajstić information content (AvgIpc) is 3.19. The molecule has 3 rings (SSSR count). The summed E-state index contributed by atoms with van der Waals surface area (Å²) in [6.07, 6.45) is 2.61. The van der Waals surface area contributed by atoms with Gasteiger partial charge in [0.05, 0.1) is 17.0 Å². The number of hydrogen-bond acceptors (Lipinski definition) is 5. The zero-order valence-corrected chi connectivity index (χ0v) is 16.3. The fourth-order valence-corrected chi connectivity index (χ4v) is 3.11. The molecule has 1 aliphatic rings. The van der Waals surface area contributed by atoms with Gasteiger partial charge in [0.25, 0.3) is 11.8 Å². The monoisotopic (exact) mass is 413 g/mol. The Morgan fingerprint density at radius 3 is 2.56 bits per heavy atom. The van der Waals surface area contributed by atoms with Gasteiger partial charge in [-0.25, -0.2) is 0 Å². The molecule has 1 aliphatic heterocycles. The number of ether oxygens (including phenoxy) is 1. The summed E-state index contributed by atoms with van der Waals surface area (Å²) < 4.78 is 10.6. The predicted molar refractivity (Wildman–Crippen MR) is 106 cm³/mol. The van der Waals surface area contributed by atoms with Crippen LogP contribution < -0.4 is 16.0 Å². The van der Waals surface area contributed by atoms with E-state index in [4.69, 9.17) is 20.8 Å². The normalized spacial score (nSPS) is 15.5. The highest BCUT2D eigenvalue weighted by Crippen LogP contribution is 2.28. The molecule has 146 valence electrons. The van der Waals surface area contributed by atoms with Crippen molar-refractivity contribution in [2.24, 2.45) is 0 Å². The second-order valence-electron chi connectivity index (χ2n) is 6.03. The van der Waals surface area contributed by atoms with Crippen molar-refractivity contribution >= 4 is 47.2 Å². The highest BCUT2D eigenvalue weighted by molar-refractivity contribution is 6.34. The molecule has 2 aromatic rings. The van der Waals surface area contributed by atoms with Crippen molar-refractivity contribution in [1.29, 1.82) is 0 Å². The highest BCUT2D eigenvalue weighted by atomic mass is 35.5. The van der Waals surface area contributed by atoms with Crippen LogP contribution in [0.3, 0.4) is 0 Å². The molecule has 1 saturated heterocycles. The first-order valence-corrected chi connectivity index (χ1v) is 8.63. The maximum absolute atomic E-state index is 12.7. The molecule has 0 radical (unpaired) electrons. The van der Waals surface area contributed by atoms with E-state index in [2.05, 4.69) is 16.0 Å². The number of carbonyl (C=O) groups is 2. The molecule has 0 atom stereocenters. The molecule has 3 N–H and O–H groups in total. The third-order valence-electron chi connectivity index (χ3n) is 4.44. The summed E-state index contributed by atoms with van der Waals surface area (Å²) in [7, 11) is 1.55. The molecule has 1 aromatic carbocycles. The Morgan fingerprint density at radius 1 is 1.22 bits per heavy atom. The van der Waals surface area contributed by atoms with Gasteiger partial charge in [-0.15, -0.1) is 12.4 Å². The van der Waals surface area contributed by atoms with Crippen LogP contribution in [0.4, 0.5) is 11.4 Å². The number of furan rings is 1. The number of piperidine rings is 1. The number of nitrogens with one attached hydrogen (secondary N) is 3. The lowest BCUT2D eigenvalue weighted by Gasteiger charge is -2.34. The third kappa shape index (κ3) is 4.81. The van der Waals surface area contributed by atoms with E-state index in [1.807, 2.05) is 0 Å². The largest absolute Gasteiger partial charge is 0.459 e. The summed E-state index contributed by atoms with van der Waals surface area (Å²) in [6.45, 7) is 1.44. The lowest BCUT2D eigenvalue weighted by Crippen LogP contribution is -2.51. The van der Waals surface area contributed by atoms with Crippen molar-refractivity contribution < 1.29 is 18.7 Å². The smallest absolute Gasteiger partial charge is 0.291 e. The van der Waals surface area contributed by atoms with Gasteiger partial charge in [0, 0.05) is 12.8 Å². The van der Waals surface area contributed by atoms with E-state index >= 15 is 0 Å². The number of methoxy groups -OCH3 is 1. The number of rotatable bonds is 5. The number of amides is 2. The first kappa shape index (κ1) is 21.2. The summed E-state index contributed by atoms with van der Waals surface area (Å²) in [4.78, 5) is 24.7. The fraction of sp³-hybridized carbons (Fsp3) is 0.333. The van der Waals surface area contributed by atoms with Crippen LogP contribution in [-0.4, -0.2) is 37.6 Å². The summed E-state index contributed by atoms with van der Waals surface area (Å²) in [5.74, 6) is -0.418. The Hall–Kier alpha value is -2.06. The van der Waals surface area contributed by atoms with Gasteiger partial charge in [0.1, 0.15) is 5.60 Å². The minimum Gasteiger partial charge on any atom is -0.459 e. The average molecular weight is 414 g/mol. The van der Waals surface area contributed by atoms with Crippen LogP contribution in [0.25, 0.3) is 0 Å². The van der Waals surface area contributed by atoms with E-state index < -0.39 is 11.5 Å². The van der Waals surface area contributed by atoms with Crippen LogP contribution in [0.15, 0.2) is 41.0 Å². The SMILES string of the molecule is COC1(C(=O)Nc2ccc(NC(=O)c3ccco3)c(Cl)c2)CCNCC1.Cl. The zero-order chi connectivity index (χ0) is 18.6. The van der Waals surface area contributed by atoms with Crippen molar-refractivity contribution in [1.82, 2.24) is 5.32 Å². The van der Waals surface area contributed by atoms with Crippen LogP contribution in [0.5, 0.6) is 0 Å². The molecule has 2 heterocycles. The summed E-state index contributed by atoms with van der Waals surface area (Å²) in [6, 6.07) is 8.07. The number of carbonyl (C=O) groups excluding carboxylic acids is 2. The van der Waals surface area contributed by atoms with Crippen molar-refractivity contribution in [3.05, 3.63) is 47.4 Å². The Kier molecular flexibility index (Phi) is 7.26. The van der Waals surface area contributed by atoms with E-state index in [0.29, 0.717) is 29.2 Å². The quantitative estimate of drug-likeness (QED) is 0.698. The zero-order valence-electron chi connectivity index (χ0n) is 14.7. The number of benzene rings is 1. The van der Waals surface area contributed by atoms with Crippen molar-refractivity contribution in [3.63, 3.8) is 0 Å². The van der Waals surface area contributed by atoms with Gasteiger partial charge in [0.15, 0.2) is 5.76 Å². The summed E-state index contributed by atoms with van der Waals surface area (Å²) in [5, 5.41) is 9.02. The molecule has 7 nitrogen and oxygen atoms in total. The summed E-state index contributed by atoms with van der Waals surface area (Å²) in [5.41, 5.74) is 0.115. The van der Waals surface area contributed by atoms with Crippen LogP contribution in [0.2, 0.25) is 5.02 Å². The topological polar surface area (TPSA) is 92.6 Å². The van der Waals surface area contributed by atoms with Crippen molar-refractivity contribution in [2.75, 3.05) is 30.8 Å². The molecule has 2 amide bonds. The second-order valence-corrected chi connectivity index (χ2v) is 6.44. The van der Waals surface area contributed by atoms with E-state index in [0.717, 1.165) is 13.1 Å². The molecule has 0 unspecified atom stereocenters. The first-order valence-electron chi connectivity index (χ1n) is 8.26. The minimum absolute atomic E-state index is 0. The molecule has 9 heteroatoms. The van der Waals surface area contributed by atoms with Crippen LogP contribution in [0, 0.1) is 0 Å². The Labute approximate surface area is 168 Å². The van der Waals surface area contributed by atoms with Gasteiger partial charge in [-0.2, -0.15) is 0 Å². The molecular weight excluding hydrogens is 393 g/mol. The van der Waals surface area contributed by atoms with Gasteiger partial charge in [0.2, 0.25) is 0 Å². The van der Waals surface area contributed by atoms with Gasteiger partial charge in [-0.1, -0.05) is 11.6 Å². The highest BCUT2D eigenvalue weighted by Gasteiger charge is 2.39. The molecule has 0 bridgehead atoms. The summed E-state index contributed by atoms with van der Waals surface area (Å²) >= 11 is 6.23. The lowest BCUT2D eigenvalue weighted by atomic mass is 9.91. The number of anilines is 2. The van der Waals surface area contributed by atoms with E-state index in [1.54, 1.807) is 37.4 Å². The van der Waals surface area contributed by atoms with Gasteiger partial charge in [-0.3, -0.25) is 9.59 Å². The van der Waals surface area contributed by atoms with Gasteiger partial charge >= 0.3 is 0 Å². The molecule has 27 heavy (non-hydrogen) atoms. The van der Waals surface area contributed by atoms with Crippen molar-refractivity contribution in [2.45, 2.75) is 18.4 Å². The van der Waals surface area contributed by atoms with Crippen LogP contribution in [-0.2, 0) is 9.53 Å². The van der Waals surface area contributed by atoms with Gasteiger partial charge in [-0.05, 0) is 56.3 Å². The van der Waals surface area contributed by atoms with Crippen LogP contribution in [0.1, 0.15) is 23.4 Å². The Bertz CT molecular complexity index is 790. The Balaban J connectivity index is 0.00000261. The molecule has 0 spiro atoms. The van der Waals surface area contributed by atoms with E-state index in [1.165, 1.54) is 6.26 Å². The molecule has 1 fully saturated rings. The second kappa shape index (κ2) is 9.23. The number of halogens is 2. The molecule has 0 saturated carbocycles. The maximum Gasteiger partial charge on any atom is 0.291 e. The van der Waals surface area contributed by atoms with E-state index in [9.17, 15) is 9.59 Å². The molecule has 1 aromatic heterocycles. The van der Waals surface area contributed by atoms with E-state index in [-0.39, 0.29) is 24.1 Å². The van der Waals surface area contributed by atoms with Gasteiger partial charge < -0.3 is 25.1 Å². The van der Waals surface area contributed by atoms with Crippen molar-refractivity contribution in [3.8, 4) is 0 Å². The first-order chi connectivity index (χ1) is 12.5. The fourth-order valence-electron chi connectivity index (χ4n) is 2.89. The molecule has 0 aliphatic carbocycles. The molecular formula is C18H21Cl2N3O4.